The lowest BCUT2D eigenvalue weighted by molar-refractivity contribution is -0.116. The molecule has 1 heteroatoms. The molecule has 0 aliphatic carbocycles. The van der Waals surface area contributed by atoms with Crippen molar-refractivity contribution < 1.29 is 4.79 Å². The number of aryl methyl sites for hydroxylation is 1. The Morgan fingerprint density at radius 3 is 1.71 bits per heavy atom. The van der Waals surface area contributed by atoms with Gasteiger partial charge in [-0.3, -0.25) is 4.79 Å². The van der Waals surface area contributed by atoms with E-state index >= 15 is 0 Å². The van der Waals surface area contributed by atoms with Crippen LogP contribution in [0.25, 0.3) is 0 Å². The van der Waals surface area contributed by atoms with Gasteiger partial charge < -0.3 is 0 Å². The van der Waals surface area contributed by atoms with Gasteiger partial charge >= 0.3 is 0 Å². The highest BCUT2D eigenvalue weighted by atomic mass is 16.1. The monoisotopic (exact) mass is 238 g/mol. The third kappa shape index (κ3) is 12.8. The maximum absolute atomic E-state index is 10.8. The molecule has 100 valence electrons. The van der Waals surface area contributed by atoms with E-state index in [4.69, 9.17) is 0 Å². The van der Waals surface area contributed by atoms with Crippen LogP contribution < -0.4 is 0 Å². The van der Waals surface area contributed by atoms with Crippen molar-refractivity contribution in [1.82, 2.24) is 0 Å². The Labute approximate surface area is 108 Å². The number of rotatable bonds is 2. The van der Waals surface area contributed by atoms with E-state index in [2.05, 4.69) is 0 Å². The molecule has 0 bridgehead atoms. The van der Waals surface area contributed by atoms with E-state index in [1.165, 1.54) is 5.56 Å². The van der Waals surface area contributed by atoms with Gasteiger partial charge in [-0.05, 0) is 25.0 Å². The molecule has 0 atom stereocenters. The number of carbonyl (C=O) groups excluding carboxylic acids is 1. The number of Topliss-reactive ketones (excluding diaryl/α,β-unsaturated/α-hetero) is 1. The number of hydrogen-bond donors (Lipinski definition) is 0. The minimum atomic E-state index is 0.222. The molecule has 0 heterocycles. The summed E-state index contributed by atoms with van der Waals surface area (Å²) >= 11 is 0. The highest BCUT2D eigenvalue weighted by Gasteiger charge is 1.98. The summed E-state index contributed by atoms with van der Waals surface area (Å²) in [5.41, 5.74) is 2.34. The molecule has 0 saturated carbocycles. The molecule has 0 radical (unpaired) electrons. The van der Waals surface area contributed by atoms with Crippen LogP contribution in [0.3, 0.4) is 0 Å². The quantitative estimate of drug-likeness (QED) is 0.691. The third-order valence-electron chi connectivity index (χ3n) is 1.70. The molecule has 1 nitrogen and oxygen atoms in total. The van der Waals surface area contributed by atoms with Crippen LogP contribution in [0.15, 0.2) is 24.3 Å². The second kappa shape index (κ2) is 17.3. The molecule has 0 unspecified atom stereocenters. The van der Waals surface area contributed by atoms with E-state index < -0.39 is 0 Å². The molecule has 17 heavy (non-hydrogen) atoms. The van der Waals surface area contributed by atoms with E-state index in [1.54, 1.807) is 6.92 Å². The van der Waals surface area contributed by atoms with E-state index in [-0.39, 0.29) is 5.78 Å². The zero-order valence-corrected chi connectivity index (χ0v) is 12.9. The average molecular weight is 238 g/mol. The summed E-state index contributed by atoms with van der Waals surface area (Å²) in [6.07, 6.45) is 0.562. The van der Waals surface area contributed by atoms with E-state index in [9.17, 15) is 4.79 Å². The zero-order valence-electron chi connectivity index (χ0n) is 12.9. The number of carbonyl (C=O) groups is 1. The van der Waals surface area contributed by atoms with E-state index in [1.807, 2.05) is 72.7 Å². The van der Waals surface area contributed by atoms with Crippen LogP contribution in [-0.4, -0.2) is 5.78 Å². The summed E-state index contributed by atoms with van der Waals surface area (Å²) < 4.78 is 0. The van der Waals surface area contributed by atoms with Gasteiger partial charge in [-0.25, -0.2) is 0 Å². The molecule has 1 rings (SSSR count). The Morgan fingerprint density at radius 1 is 0.941 bits per heavy atom. The molecule has 0 aliphatic rings. The normalized spacial score (nSPS) is 7.29. The van der Waals surface area contributed by atoms with Crippen LogP contribution >= 0.6 is 0 Å². The number of ketones is 1. The van der Waals surface area contributed by atoms with Crippen LogP contribution in [0.5, 0.6) is 0 Å². The van der Waals surface area contributed by atoms with Gasteiger partial charge in [0, 0.05) is 6.42 Å². The van der Waals surface area contributed by atoms with Crippen LogP contribution in [0.2, 0.25) is 0 Å². The summed E-state index contributed by atoms with van der Waals surface area (Å²) in [7, 11) is 0. The Hall–Kier alpha value is -1.11. The van der Waals surface area contributed by atoms with Crippen molar-refractivity contribution in [2.45, 2.75) is 61.8 Å². The van der Waals surface area contributed by atoms with Crippen molar-refractivity contribution in [3.8, 4) is 0 Å². The molecular weight excluding hydrogens is 208 g/mol. The van der Waals surface area contributed by atoms with Gasteiger partial charge in [-0.1, -0.05) is 65.8 Å². The van der Waals surface area contributed by atoms with Gasteiger partial charge in [0.1, 0.15) is 5.78 Å². The van der Waals surface area contributed by atoms with E-state index in [0.29, 0.717) is 6.42 Å². The van der Waals surface area contributed by atoms with Crippen molar-refractivity contribution in [2.75, 3.05) is 0 Å². The van der Waals surface area contributed by atoms with Gasteiger partial charge in [-0.2, -0.15) is 0 Å². The minimum Gasteiger partial charge on any atom is -0.300 e. The molecule has 0 amide bonds. The van der Waals surface area contributed by atoms with Crippen molar-refractivity contribution in [3.63, 3.8) is 0 Å². The zero-order chi connectivity index (χ0) is 14.3. The SMILES string of the molecule is CC.CC.CC.CC(=O)Cc1ccccc1C. The van der Waals surface area contributed by atoms with Crippen molar-refractivity contribution in [2.24, 2.45) is 0 Å². The number of benzene rings is 1. The topological polar surface area (TPSA) is 17.1 Å². The lowest BCUT2D eigenvalue weighted by Crippen LogP contribution is -1.97. The summed E-state index contributed by atoms with van der Waals surface area (Å²) in [6.45, 7) is 15.6. The fourth-order valence-corrected chi connectivity index (χ4v) is 1.08. The van der Waals surface area contributed by atoms with Gasteiger partial charge in [0.25, 0.3) is 0 Å². The van der Waals surface area contributed by atoms with Crippen molar-refractivity contribution in [1.29, 1.82) is 0 Å². The number of hydrogen-bond acceptors (Lipinski definition) is 1. The van der Waals surface area contributed by atoms with Crippen LogP contribution in [0, 0.1) is 6.92 Å². The smallest absolute Gasteiger partial charge is 0.134 e. The lowest BCUT2D eigenvalue weighted by atomic mass is 10.0. The predicted octanol–water partition coefficient (Wildman–Crippen LogP) is 5.21. The largest absolute Gasteiger partial charge is 0.300 e. The molecule has 1 aromatic rings. The first-order chi connectivity index (χ1) is 8.20. The second-order valence-corrected chi connectivity index (χ2v) is 2.81. The first kappa shape index (κ1) is 21.2. The van der Waals surface area contributed by atoms with Gasteiger partial charge in [0.2, 0.25) is 0 Å². The highest BCUT2D eigenvalue weighted by Crippen LogP contribution is 2.07. The maximum Gasteiger partial charge on any atom is 0.134 e. The molecule has 0 fully saturated rings. The summed E-state index contributed by atoms with van der Waals surface area (Å²) in [5, 5.41) is 0. The second-order valence-electron chi connectivity index (χ2n) is 2.81. The van der Waals surface area contributed by atoms with E-state index in [0.717, 1.165) is 5.56 Å². The van der Waals surface area contributed by atoms with Crippen molar-refractivity contribution >= 4 is 5.78 Å². The average Bonchev–Trinajstić information content (AvgIpc) is 2.39. The molecule has 1 aromatic carbocycles. The Kier molecular flexibility index (Phi) is 21.6. The molecular formula is C16H30O. The first-order valence-electron chi connectivity index (χ1n) is 6.74. The molecule has 0 N–H and O–H groups in total. The van der Waals surface area contributed by atoms with Crippen molar-refractivity contribution in [3.05, 3.63) is 35.4 Å². The van der Waals surface area contributed by atoms with Gasteiger partial charge in [-0.15, -0.1) is 0 Å². The molecule has 0 aromatic heterocycles. The summed E-state index contributed by atoms with van der Waals surface area (Å²) in [4.78, 5) is 10.8. The standard InChI is InChI=1S/C10H12O.3C2H6/c1-8-5-3-4-6-10(8)7-9(2)11;3*1-2/h3-6H,7H2,1-2H3;3*1-2H3. The lowest BCUT2D eigenvalue weighted by Gasteiger charge is -2.00. The summed E-state index contributed by atoms with van der Waals surface area (Å²) in [6, 6.07) is 7.97. The van der Waals surface area contributed by atoms with Crippen LogP contribution in [0.4, 0.5) is 0 Å². The Bertz CT molecular complexity index is 264. The maximum atomic E-state index is 10.8. The third-order valence-corrected chi connectivity index (χ3v) is 1.70. The molecule has 0 spiro atoms. The molecule has 0 saturated heterocycles. The fraction of sp³-hybridized carbons (Fsp3) is 0.562. The molecule has 0 aliphatic heterocycles. The predicted molar refractivity (Wildman–Crippen MR) is 79.6 cm³/mol. The Balaban J connectivity index is -0.000000285. The summed E-state index contributed by atoms with van der Waals surface area (Å²) in [5.74, 6) is 0.222. The first-order valence-corrected chi connectivity index (χ1v) is 6.74. The highest BCUT2D eigenvalue weighted by molar-refractivity contribution is 5.78. The Morgan fingerprint density at radius 2 is 1.35 bits per heavy atom. The fourth-order valence-electron chi connectivity index (χ4n) is 1.08. The minimum absolute atomic E-state index is 0.222. The van der Waals surface area contributed by atoms with Gasteiger partial charge in [0.15, 0.2) is 0 Å². The van der Waals surface area contributed by atoms with Gasteiger partial charge in [0.05, 0.1) is 0 Å². The van der Waals surface area contributed by atoms with Crippen LogP contribution in [0.1, 0.15) is 59.6 Å². The van der Waals surface area contributed by atoms with Crippen LogP contribution in [-0.2, 0) is 11.2 Å².